The number of halogens is 1. The Labute approximate surface area is 192 Å². The van der Waals surface area contributed by atoms with Crippen LogP contribution in [-0.2, 0) is 14.3 Å². The summed E-state index contributed by atoms with van der Waals surface area (Å²) in [6.07, 6.45) is 6.47. The number of hydrogen-bond acceptors (Lipinski definition) is 5. The lowest BCUT2D eigenvalue weighted by molar-refractivity contribution is -0.144. The minimum Gasteiger partial charge on any atom is -0.469 e. The smallest absolute Gasteiger partial charge is 0.337 e. The number of furan rings is 1. The molecule has 1 saturated carbocycles. The van der Waals surface area contributed by atoms with E-state index < -0.39 is 5.92 Å². The molecule has 0 amide bonds. The summed E-state index contributed by atoms with van der Waals surface area (Å²) in [6.45, 7) is 1.87. The van der Waals surface area contributed by atoms with E-state index in [-0.39, 0.29) is 23.8 Å². The summed E-state index contributed by atoms with van der Waals surface area (Å²) in [6, 6.07) is 11.2. The van der Waals surface area contributed by atoms with E-state index in [9.17, 15) is 9.59 Å². The number of nitrogens with one attached hydrogen (secondary N) is 1. The molecule has 2 heterocycles. The Morgan fingerprint density at radius 2 is 1.91 bits per heavy atom. The number of carbonyl (C=O) groups excluding carboxylic acids is 2. The van der Waals surface area contributed by atoms with Crippen molar-refractivity contribution in [3.63, 3.8) is 0 Å². The molecule has 1 aromatic heterocycles. The van der Waals surface area contributed by atoms with Gasteiger partial charge in [-0.05, 0) is 62.8 Å². The summed E-state index contributed by atoms with van der Waals surface area (Å²) >= 11 is 6.59. The second-order valence-corrected chi connectivity index (χ2v) is 9.27. The molecule has 0 unspecified atom stereocenters. The van der Waals surface area contributed by atoms with Crippen LogP contribution in [0.25, 0.3) is 0 Å². The lowest BCUT2D eigenvalue weighted by atomic mass is 9.72. The van der Waals surface area contributed by atoms with E-state index in [1.807, 2.05) is 37.3 Å². The number of esters is 1. The second-order valence-electron chi connectivity index (χ2n) is 8.87. The van der Waals surface area contributed by atoms with Crippen molar-refractivity contribution in [1.82, 2.24) is 5.32 Å². The molecule has 1 aromatic carbocycles. The van der Waals surface area contributed by atoms with Crippen molar-refractivity contribution >= 4 is 23.4 Å². The van der Waals surface area contributed by atoms with E-state index in [1.165, 1.54) is 0 Å². The molecule has 2 aliphatic carbocycles. The van der Waals surface area contributed by atoms with Crippen molar-refractivity contribution in [3.8, 4) is 0 Å². The molecule has 166 valence electrons. The van der Waals surface area contributed by atoms with Crippen LogP contribution >= 0.6 is 11.6 Å². The summed E-state index contributed by atoms with van der Waals surface area (Å²) in [4.78, 5) is 26.9. The standard InChI is InChI=1S/C26H26ClNO4/c1-15-23(26(30)32-17-7-2-3-8-17)24(18-9-4-5-10-19(18)27)25-20(28-15)13-16(14-21(25)29)22-11-6-12-31-22/h4-6,9-12,16-17,24,28H,2-3,7-8,13-14H2,1H3/t16-,24+/m1/s1. The van der Waals surface area contributed by atoms with Crippen LogP contribution in [0.4, 0.5) is 0 Å². The number of rotatable bonds is 4. The summed E-state index contributed by atoms with van der Waals surface area (Å²) in [5.74, 6) is -0.133. The van der Waals surface area contributed by atoms with Crippen LogP contribution < -0.4 is 5.32 Å². The van der Waals surface area contributed by atoms with Gasteiger partial charge in [0, 0.05) is 40.2 Å². The van der Waals surface area contributed by atoms with Crippen LogP contribution in [0.1, 0.15) is 68.6 Å². The Hall–Kier alpha value is -2.79. The van der Waals surface area contributed by atoms with Gasteiger partial charge in [0.25, 0.3) is 0 Å². The van der Waals surface area contributed by atoms with Crippen LogP contribution in [0, 0.1) is 0 Å². The molecule has 1 fully saturated rings. The topological polar surface area (TPSA) is 68.5 Å². The quantitative estimate of drug-likeness (QED) is 0.596. The van der Waals surface area contributed by atoms with E-state index in [2.05, 4.69) is 5.32 Å². The molecule has 3 aliphatic rings. The van der Waals surface area contributed by atoms with Crippen molar-refractivity contribution in [3.05, 3.63) is 81.5 Å². The number of allylic oxidation sites excluding steroid dienone is 3. The van der Waals surface area contributed by atoms with E-state index in [1.54, 1.807) is 12.3 Å². The molecule has 32 heavy (non-hydrogen) atoms. The van der Waals surface area contributed by atoms with Gasteiger partial charge in [-0.15, -0.1) is 0 Å². The molecule has 0 bridgehead atoms. The van der Waals surface area contributed by atoms with Crippen molar-refractivity contribution in [2.24, 2.45) is 0 Å². The first-order valence-corrected chi connectivity index (χ1v) is 11.6. The van der Waals surface area contributed by atoms with Crippen LogP contribution in [-0.4, -0.2) is 17.9 Å². The molecule has 0 saturated heterocycles. The predicted octanol–water partition coefficient (Wildman–Crippen LogP) is 5.78. The van der Waals surface area contributed by atoms with Crippen LogP contribution in [0.2, 0.25) is 5.02 Å². The number of carbonyl (C=O) groups is 2. The van der Waals surface area contributed by atoms with Crippen LogP contribution in [0.3, 0.4) is 0 Å². The molecule has 0 radical (unpaired) electrons. The zero-order chi connectivity index (χ0) is 22.2. The predicted molar refractivity (Wildman–Crippen MR) is 121 cm³/mol. The Kier molecular flexibility index (Phi) is 5.68. The van der Waals surface area contributed by atoms with E-state index in [4.69, 9.17) is 20.8 Å². The van der Waals surface area contributed by atoms with Gasteiger partial charge >= 0.3 is 5.97 Å². The van der Waals surface area contributed by atoms with Crippen molar-refractivity contribution in [2.75, 3.05) is 0 Å². The first kappa shape index (κ1) is 21.1. The molecule has 2 aromatic rings. The van der Waals surface area contributed by atoms with E-state index in [0.29, 0.717) is 34.7 Å². The highest BCUT2D eigenvalue weighted by atomic mass is 35.5. The van der Waals surface area contributed by atoms with Gasteiger partial charge < -0.3 is 14.5 Å². The highest BCUT2D eigenvalue weighted by Gasteiger charge is 2.43. The minimum absolute atomic E-state index is 0.00346. The Bertz CT molecular complexity index is 1110. The summed E-state index contributed by atoms with van der Waals surface area (Å²) in [7, 11) is 0. The van der Waals surface area contributed by atoms with Crippen molar-refractivity contribution in [2.45, 2.75) is 63.4 Å². The van der Waals surface area contributed by atoms with Gasteiger partial charge in [0.2, 0.25) is 0 Å². The van der Waals surface area contributed by atoms with Crippen LogP contribution in [0.5, 0.6) is 0 Å². The fourth-order valence-electron chi connectivity index (χ4n) is 5.28. The molecule has 6 heteroatoms. The average Bonchev–Trinajstić information content (AvgIpc) is 3.47. The van der Waals surface area contributed by atoms with Gasteiger partial charge in [0.05, 0.1) is 11.8 Å². The Balaban J connectivity index is 1.56. The summed E-state index contributed by atoms with van der Waals surface area (Å²) in [5.41, 5.74) is 3.40. The summed E-state index contributed by atoms with van der Waals surface area (Å²) in [5, 5.41) is 3.90. The zero-order valence-electron chi connectivity index (χ0n) is 18.0. The minimum atomic E-state index is -0.543. The van der Waals surface area contributed by atoms with Gasteiger partial charge in [-0.3, -0.25) is 4.79 Å². The van der Waals surface area contributed by atoms with Gasteiger partial charge in [-0.2, -0.15) is 0 Å². The molecule has 1 N–H and O–H groups in total. The number of dihydropyridines is 1. The van der Waals surface area contributed by atoms with E-state index in [0.717, 1.165) is 42.7 Å². The van der Waals surface area contributed by atoms with Crippen molar-refractivity contribution < 1.29 is 18.7 Å². The van der Waals surface area contributed by atoms with Gasteiger partial charge in [-0.1, -0.05) is 29.8 Å². The fraction of sp³-hybridized carbons (Fsp3) is 0.385. The number of benzene rings is 1. The normalized spacial score (nSPS) is 23.9. The van der Waals surface area contributed by atoms with Gasteiger partial charge in [0.1, 0.15) is 11.9 Å². The maximum absolute atomic E-state index is 13.5. The second kappa shape index (κ2) is 8.62. The highest BCUT2D eigenvalue weighted by Crippen LogP contribution is 2.47. The third-order valence-corrected chi connectivity index (χ3v) is 7.13. The van der Waals surface area contributed by atoms with Gasteiger partial charge in [0.15, 0.2) is 5.78 Å². The molecule has 0 spiro atoms. The fourth-order valence-corrected chi connectivity index (χ4v) is 5.52. The Morgan fingerprint density at radius 1 is 1.12 bits per heavy atom. The van der Waals surface area contributed by atoms with E-state index >= 15 is 0 Å². The van der Waals surface area contributed by atoms with Crippen LogP contribution in [0.15, 0.2) is 69.6 Å². The molecule has 5 rings (SSSR count). The molecular weight excluding hydrogens is 426 g/mol. The third kappa shape index (κ3) is 3.79. The van der Waals surface area contributed by atoms with Crippen molar-refractivity contribution in [1.29, 1.82) is 0 Å². The zero-order valence-corrected chi connectivity index (χ0v) is 18.8. The maximum Gasteiger partial charge on any atom is 0.337 e. The number of Topliss-reactive ketones (excluding diaryl/α,β-unsaturated/α-hetero) is 1. The SMILES string of the molecule is CC1=C(C(=O)OC2CCCC2)[C@H](c2ccccc2Cl)C2=C(C[C@@H](c3ccco3)CC2=O)N1. The first-order chi connectivity index (χ1) is 15.5. The lowest BCUT2D eigenvalue weighted by Crippen LogP contribution is -2.36. The van der Waals surface area contributed by atoms with Gasteiger partial charge in [-0.25, -0.2) is 4.79 Å². The average molecular weight is 452 g/mol. The monoisotopic (exact) mass is 451 g/mol. The molecule has 1 aliphatic heterocycles. The highest BCUT2D eigenvalue weighted by molar-refractivity contribution is 6.31. The molecule has 5 nitrogen and oxygen atoms in total. The first-order valence-electron chi connectivity index (χ1n) is 11.3. The largest absolute Gasteiger partial charge is 0.469 e. The molecular formula is C26H26ClNO4. The Morgan fingerprint density at radius 3 is 2.62 bits per heavy atom. The molecule has 2 atom stereocenters. The number of hydrogen-bond donors (Lipinski definition) is 1. The maximum atomic E-state index is 13.5. The number of ether oxygens (including phenoxy) is 1. The third-order valence-electron chi connectivity index (χ3n) is 6.79. The number of ketones is 1. The lowest BCUT2D eigenvalue weighted by Gasteiger charge is -2.36. The summed E-state index contributed by atoms with van der Waals surface area (Å²) < 4.78 is 11.5.